The molecule has 178 valence electrons. The van der Waals surface area contributed by atoms with Crippen LogP contribution in [0.25, 0.3) is 0 Å². The summed E-state index contributed by atoms with van der Waals surface area (Å²) < 4.78 is 0. The van der Waals surface area contributed by atoms with Crippen LogP contribution in [-0.2, 0) is 0 Å². The Labute approximate surface area is 195 Å². The van der Waals surface area contributed by atoms with E-state index in [1.807, 2.05) is 0 Å². The molecule has 4 fully saturated rings. The molecule has 4 heteroatoms. The molecule has 0 saturated heterocycles. The van der Waals surface area contributed by atoms with Crippen LogP contribution in [-0.4, -0.2) is 24.2 Å². The maximum atomic E-state index is 5.40. The summed E-state index contributed by atoms with van der Waals surface area (Å²) in [5, 5.41) is 10.5. The Morgan fingerprint density at radius 3 is 1.06 bits per heavy atom. The molecule has 32 heavy (non-hydrogen) atoms. The average molecular weight is 439 g/mol. The third-order valence-electron chi connectivity index (χ3n) is 8.63. The Kier molecular flexibility index (Phi) is 7.87. The Morgan fingerprint density at radius 1 is 0.406 bits per heavy atom. The minimum absolute atomic E-state index is 0.509. The first-order chi connectivity index (χ1) is 15.9. The summed E-state index contributed by atoms with van der Waals surface area (Å²) in [4.78, 5) is 10.8. The van der Waals surface area contributed by atoms with E-state index in [4.69, 9.17) is 9.98 Å². The molecule has 0 aromatic heterocycles. The largest absolute Gasteiger partial charge is 0.379 e. The third kappa shape index (κ3) is 5.59. The zero-order valence-electron chi connectivity index (χ0n) is 20.3. The van der Waals surface area contributed by atoms with E-state index in [9.17, 15) is 0 Å². The SMILES string of the molecule is C1CCC(N=c2c(NC3CCCCC3)c(NC3CCCCC3)c2=NC2CCCCC2)CC1. The number of anilines is 2. The van der Waals surface area contributed by atoms with Crippen LogP contribution in [0.5, 0.6) is 0 Å². The van der Waals surface area contributed by atoms with E-state index < -0.39 is 0 Å². The molecule has 0 amide bonds. The van der Waals surface area contributed by atoms with Gasteiger partial charge < -0.3 is 10.6 Å². The van der Waals surface area contributed by atoms with Gasteiger partial charge in [-0.3, -0.25) is 9.98 Å². The predicted molar refractivity (Wildman–Crippen MR) is 135 cm³/mol. The molecule has 1 aromatic carbocycles. The van der Waals surface area contributed by atoms with Crippen molar-refractivity contribution in [3.8, 4) is 0 Å². The minimum atomic E-state index is 0.509. The Balaban J connectivity index is 1.49. The van der Waals surface area contributed by atoms with Crippen molar-refractivity contribution in [3.63, 3.8) is 0 Å². The lowest BCUT2D eigenvalue weighted by Crippen LogP contribution is -2.45. The Morgan fingerprint density at radius 2 is 0.719 bits per heavy atom. The molecule has 0 unspecified atom stereocenters. The van der Waals surface area contributed by atoms with Gasteiger partial charge in [0.2, 0.25) is 0 Å². The first-order valence-electron chi connectivity index (χ1n) is 14.3. The molecule has 4 nitrogen and oxygen atoms in total. The van der Waals surface area contributed by atoms with E-state index in [0.29, 0.717) is 24.2 Å². The van der Waals surface area contributed by atoms with Gasteiger partial charge in [-0.2, -0.15) is 0 Å². The molecular formula is C28H46N4. The molecular weight excluding hydrogens is 392 g/mol. The summed E-state index contributed by atoms with van der Waals surface area (Å²) in [5.41, 5.74) is 2.67. The topological polar surface area (TPSA) is 48.8 Å². The highest BCUT2D eigenvalue weighted by molar-refractivity contribution is 5.74. The van der Waals surface area contributed by atoms with Crippen molar-refractivity contribution >= 4 is 11.4 Å². The van der Waals surface area contributed by atoms with Crippen LogP contribution in [0.2, 0.25) is 0 Å². The highest BCUT2D eigenvalue weighted by Gasteiger charge is 2.26. The van der Waals surface area contributed by atoms with Crippen LogP contribution in [0.3, 0.4) is 0 Å². The lowest BCUT2D eigenvalue weighted by Gasteiger charge is -2.31. The molecule has 0 spiro atoms. The fourth-order valence-electron chi connectivity index (χ4n) is 6.63. The number of nitrogens with one attached hydrogen (secondary N) is 2. The van der Waals surface area contributed by atoms with Crippen molar-refractivity contribution in [2.75, 3.05) is 10.6 Å². The summed E-state index contributed by atoms with van der Waals surface area (Å²) in [6, 6.07) is 2.26. The smallest absolute Gasteiger partial charge is 0.110 e. The molecule has 2 N–H and O–H groups in total. The molecule has 1 aromatic rings. The van der Waals surface area contributed by atoms with Gasteiger partial charge in [0.15, 0.2) is 0 Å². The lowest BCUT2D eigenvalue weighted by molar-refractivity contribution is 0.429. The van der Waals surface area contributed by atoms with E-state index in [2.05, 4.69) is 10.6 Å². The zero-order valence-corrected chi connectivity index (χ0v) is 20.3. The standard InChI is InChI=1S/C28H46N4/c1-5-13-21(14-6-1)29-25-26(30-22-15-7-2-8-16-22)28(32-24-19-11-4-12-20-24)27(25)31-23-17-9-3-10-18-23/h21-24,29-30H,1-20H2. The van der Waals surface area contributed by atoms with Gasteiger partial charge in [0.1, 0.15) is 10.7 Å². The highest BCUT2D eigenvalue weighted by Crippen LogP contribution is 2.29. The number of nitrogens with zero attached hydrogens (tertiary/aromatic N) is 2. The highest BCUT2D eigenvalue weighted by atomic mass is 15.0. The maximum absolute atomic E-state index is 5.40. The van der Waals surface area contributed by atoms with Crippen molar-refractivity contribution in [3.05, 3.63) is 10.7 Å². The van der Waals surface area contributed by atoms with Crippen LogP contribution in [0.15, 0.2) is 9.98 Å². The van der Waals surface area contributed by atoms with E-state index in [1.165, 1.54) is 151 Å². The van der Waals surface area contributed by atoms with Crippen molar-refractivity contribution in [2.45, 2.75) is 153 Å². The Hall–Kier alpha value is -1.32. The molecule has 0 atom stereocenters. The minimum Gasteiger partial charge on any atom is -0.379 e. The first kappa shape index (κ1) is 22.5. The summed E-state index contributed by atoms with van der Waals surface area (Å²) in [7, 11) is 0. The molecule has 0 heterocycles. The Bertz CT molecular complexity index is 726. The van der Waals surface area contributed by atoms with E-state index in [1.54, 1.807) is 0 Å². The van der Waals surface area contributed by atoms with Crippen molar-refractivity contribution in [1.82, 2.24) is 0 Å². The van der Waals surface area contributed by atoms with E-state index in [-0.39, 0.29) is 0 Å². The molecule has 4 aliphatic carbocycles. The van der Waals surface area contributed by atoms with Crippen molar-refractivity contribution in [2.24, 2.45) is 9.98 Å². The number of hydrogen-bond donors (Lipinski definition) is 2. The fraction of sp³-hybridized carbons (Fsp3) is 0.857. The molecule has 0 aliphatic heterocycles. The van der Waals surface area contributed by atoms with Crippen molar-refractivity contribution < 1.29 is 0 Å². The van der Waals surface area contributed by atoms with E-state index >= 15 is 0 Å². The molecule has 5 rings (SSSR count). The summed E-state index contributed by atoms with van der Waals surface area (Å²) in [6.07, 6.45) is 26.8. The second-order valence-corrected chi connectivity index (χ2v) is 11.2. The number of hydrogen-bond acceptors (Lipinski definition) is 4. The second-order valence-electron chi connectivity index (χ2n) is 11.2. The van der Waals surface area contributed by atoms with Crippen molar-refractivity contribution in [1.29, 1.82) is 0 Å². The average Bonchev–Trinajstić information content (AvgIpc) is 2.87. The van der Waals surface area contributed by atoms with Gasteiger partial charge in [-0.1, -0.05) is 77.0 Å². The molecule has 4 saturated carbocycles. The van der Waals surface area contributed by atoms with Gasteiger partial charge in [0.05, 0.1) is 23.5 Å². The van der Waals surface area contributed by atoms with Gasteiger partial charge in [0, 0.05) is 12.1 Å². The quantitative estimate of drug-likeness (QED) is 0.531. The number of rotatable bonds is 6. The van der Waals surface area contributed by atoms with Gasteiger partial charge in [-0.05, 0) is 51.4 Å². The summed E-state index contributed by atoms with van der Waals surface area (Å²) >= 11 is 0. The van der Waals surface area contributed by atoms with Gasteiger partial charge in [-0.25, -0.2) is 0 Å². The molecule has 4 aliphatic rings. The summed E-state index contributed by atoms with van der Waals surface area (Å²) in [6.45, 7) is 0. The summed E-state index contributed by atoms with van der Waals surface area (Å²) in [5.74, 6) is 0. The molecule has 0 radical (unpaired) electrons. The van der Waals surface area contributed by atoms with Gasteiger partial charge >= 0.3 is 0 Å². The lowest BCUT2D eigenvalue weighted by atomic mass is 9.93. The van der Waals surface area contributed by atoms with Crippen LogP contribution in [0, 0.1) is 0 Å². The molecule has 0 bridgehead atoms. The zero-order chi connectivity index (χ0) is 21.6. The van der Waals surface area contributed by atoms with Gasteiger partial charge in [-0.15, -0.1) is 0 Å². The van der Waals surface area contributed by atoms with Crippen LogP contribution >= 0.6 is 0 Å². The monoisotopic (exact) mass is 438 g/mol. The third-order valence-corrected chi connectivity index (χ3v) is 8.63. The van der Waals surface area contributed by atoms with Crippen LogP contribution < -0.4 is 21.3 Å². The maximum Gasteiger partial charge on any atom is 0.110 e. The van der Waals surface area contributed by atoms with Crippen LogP contribution in [0.1, 0.15) is 128 Å². The normalized spacial score (nSPS) is 26.6. The van der Waals surface area contributed by atoms with Crippen LogP contribution in [0.4, 0.5) is 11.4 Å². The predicted octanol–water partition coefficient (Wildman–Crippen LogP) is 6.52. The first-order valence-corrected chi connectivity index (χ1v) is 14.3. The van der Waals surface area contributed by atoms with Gasteiger partial charge in [0.25, 0.3) is 0 Å². The van der Waals surface area contributed by atoms with E-state index in [0.717, 1.165) is 0 Å². The fourth-order valence-corrected chi connectivity index (χ4v) is 6.63. The second kappa shape index (κ2) is 11.2.